The number of aryl methyl sites for hydroxylation is 2. The molecule has 0 atom stereocenters. The van der Waals surface area contributed by atoms with E-state index in [-0.39, 0.29) is 5.91 Å². The molecule has 0 aliphatic carbocycles. The van der Waals surface area contributed by atoms with Crippen molar-refractivity contribution in [2.75, 3.05) is 25.0 Å². The highest BCUT2D eigenvalue weighted by atomic mass is 16.5. The van der Waals surface area contributed by atoms with E-state index in [0.717, 1.165) is 42.3 Å². The number of benzene rings is 1. The Labute approximate surface area is 136 Å². The van der Waals surface area contributed by atoms with Crippen molar-refractivity contribution in [1.29, 1.82) is 0 Å². The second kappa shape index (κ2) is 6.83. The number of para-hydroxylation sites is 1. The van der Waals surface area contributed by atoms with E-state index in [4.69, 9.17) is 4.74 Å². The molecule has 23 heavy (non-hydrogen) atoms. The van der Waals surface area contributed by atoms with Crippen LogP contribution >= 0.6 is 0 Å². The molecular weight excluding hydrogens is 292 g/mol. The largest absolute Gasteiger partial charge is 0.492 e. The molecule has 0 radical (unpaired) electrons. The Morgan fingerprint density at radius 3 is 3.04 bits per heavy atom. The molecule has 1 aliphatic heterocycles. The van der Waals surface area contributed by atoms with Gasteiger partial charge in [0, 0.05) is 30.8 Å². The summed E-state index contributed by atoms with van der Waals surface area (Å²) in [5.41, 5.74) is 2.09. The summed E-state index contributed by atoms with van der Waals surface area (Å²) in [6.45, 7) is 7.07. The molecule has 0 fully saturated rings. The molecule has 122 valence electrons. The summed E-state index contributed by atoms with van der Waals surface area (Å²) >= 11 is 0. The number of amides is 1. The number of carbonyl (C=O) groups excluding carboxylic acids is 1. The number of fused-ring (bicyclic) bond motifs is 1. The molecule has 1 aliphatic rings. The van der Waals surface area contributed by atoms with Crippen molar-refractivity contribution >= 4 is 11.7 Å². The Morgan fingerprint density at radius 1 is 1.39 bits per heavy atom. The van der Waals surface area contributed by atoms with Gasteiger partial charge in [0.05, 0.1) is 12.7 Å². The Balaban J connectivity index is 1.65. The van der Waals surface area contributed by atoms with Gasteiger partial charge in [-0.05, 0) is 19.9 Å². The van der Waals surface area contributed by atoms with Crippen LogP contribution in [0.2, 0.25) is 0 Å². The van der Waals surface area contributed by atoms with E-state index in [9.17, 15) is 4.79 Å². The van der Waals surface area contributed by atoms with E-state index in [2.05, 4.69) is 15.3 Å². The fraction of sp³-hybridized carbons (Fsp3) is 0.412. The second-order valence-corrected chi connectivity index (χ2v) is 5.71. The highest BCUT2D eigenvalue weighted by molar-refractivity contribution is 5.92. The van der Waals surface area contributed by atoms with Gasteiger partial charge < -0.3 is 10.1 Å². The number of ether oxygens (including phenoxy) is 1. The maximum absolute atomic E-state index is 12.4. The van der Waals surface area contributed by atoms with Gasteiger partial charge in [-0.3, -0.25) is 9.69 Å². The highest BCUT2D eigenvalue weighted by Crippen LogP contribution is 2.22. The Hall–Kier alpha value is -2.34. The molecule has 6 nitrogen and oxygen atoms in total. The standard InChI is InChI=1S/C17H22N4O2/c1-3-21-17(13(2)10-18-21)19-16(22)12-20-8-9-23-15-7-5-4-6-14(15)11-20/h4-7,10H,3,8-9,11-12H2,1-2H3,(H,19,22). The summed E-state index contributed by atoms with van der Waals surface area (Å²) in [4.78, 5) is 14.5. The zero-order valence-electron chi connectivity index (χ0n) is 13.6. The second-order valence-electron chi connectivity index (χ2n) is 5.71. The fourth-order valence-electron chi connectivity index (χ4n) is 2.77. The third kappa shape index (κ3) is 3.53. The van der Waals surface area contributed by atoms with Crippen molar-refractivity contribution in [3.05, 3.63) is 41.6 Å². The van der Waals surface area contributed by atoms with E-state index in [0.29, 0.717) is 13.2 Å². The summed E-state index contributed by atoms with van der Waals surface area (Å²) in [6, 6.07) is 7.98. The SMILES string of the molecule is CCn1ncc(C)c1NC(=O)CN1CCOc2ccccc2C1. The third-order valence-corrected chi connectivity index (χ3v) is 3.98. The summed E-state index contributed by atoms with van der Waals surface area (Å²) in [5, 5.41) is 7.23. The van der Waals surface area contributed by atoms with Crippen molar-refractivity contribution in [2.45, 2.75) is 26.9 Å². The maximum atomic E-state index is 12.4. The molecule has 1 N–H and O–H groups in total. The molecule has 2 aromatic rings. The molecule has 6 heteroatoms. The number of nitrogens with zero attached hydrogens (tertiary/aromatic N) is 3. The molecular formula is C17H22N4O2. The molecule has 2 heterocycles. The normalized spacial score (nSPS) is 14.7. The molecule has 1 aromatic heterocycles. The van der Waals surface area contributed by atoms with Gasteiger partial charge in [-0.2, -0.15) is 5.10 Å². The molecule has 1 amide bonds. The minimum absolute atomic E-state index is 0.0253. The molecule has 3 rings (SSSR count). The molecule has 0 bridgehead atoms. The lowest BCUT2D eigenvalue weighted by Crippen LogP contribution is -2.34. The fourth-order valence-corrected chi connectivity index (χ4v) is 2.77. The molecule has 1 aromatic carbocycles. The lowest BCUT2D eigenvalue weighted by atomic mass is 10.2. The van der Waals surface area contributed by atoms with Crippen molar-refractivity contribution in [2.24, 2.45) is 0 Å². The first-order valence-electron chi connectivity index (χ1n) is 7.92. The van der Waals surface area contributed by atoms with Gasteiger partial charge in [-0.15, -0.1) is 0 Å². The van der Waals surface area contributed by atoms with Gasteiger partial charge in [-0.1, -0.05) is 18.2 Å². The molecule has 0 saturated heterocycles. The summed E-state index contributed by atoms with van der Waals surface area (Å²) in [6.07, 6.45) is 1.77. The van der Waals surface area contributed by atoms with Crippen LogP contribution in [0, 0.1) is 6.92 Å². The van der Waals surface area contributed by atoms with Gasteiger partial charge >= 0.3 is 0 Å². The van der Waals surface area contributed by atoms with Crippen molar-refractivity contribution in [3.63, 3.8) is 0 Å². The molecule has 0 spiro atoms. The van der Waals surface area contributed by atoms with E-state index in [1.54, 1.807) is 10.9 Å². The number of nitrogens with one attached hydrogen (secondary N) is 1. The zero-order valence-corrected chi connectivity index (χ0v) is 13.6. The van der Waals surface area contributed by atoms with E-state index in [1.165, 1.54) is 0 Å². The first-order valence-corrected chi connectivity index (χ1v) is 7.92. The van der Waals surface area contributed by atoms with Crippen molar-refractivity contribution in [1.82, 2.24) is 14.7 Å². The minimum Gasteiger partial charge on any atom is -0.492 e. The highest BCUT2D eigenvalue weighted by Gasteiger charge is 2.18. The van der Waals surface area contributed by atoms with Crippen LogP contribution in [0.25, 0.3) is 0 Å². The van der Waals surface area contributed by atoms with Gasteiger partial charge in [0.1, 0.15) is 18.2 Å². The quantitative estimate of drug-likeness (QED) is 0.938. The Morgan fingerprint density at radius 2 is 2.22 bits per heavy atom. The van der Waals surface area contributed by atoms with Crippen LogP contribution in [0.4, 0.5) is 5.82 Å². The summed E-state index contributed by atoms with van der Waals surface area (Å²) < 4.78 is 7.53. The average Bonchev–Trinajstić information content (AvgIpc) is 2.77. The smallest absolute Gasteiger partial charge is 0.239 e. The molecule has 0 unspecified atom stereocenters. The number of rotatable bonds is 4. The minimum atomic E-state index is -0.0253. The average molecular weight is 314 g/mol. The number of anilines is 1. The summed E-state index contributed by atoms with van der Waals surface area (Å²) in [5.74, 6) is 1.67. The lowest BCUT2D eigenvalue weighted by Gasteiger charge is -2.19. The van der Waals surface area contributed by atoms with E-state index >= 15 is 0 Å². The van der Waals surface area contributed by atoms with E-state index < -0.39 is 0 Å². The predicted octanol–water partition coefficient (Wildman–Crippen LogP) is 2.04. The summed E-state index contributed by atoms with van der Waals surface area (Å²) in [7, 11) is 0. The van der Waals surface area contributed by atoms with Crippen molar-refractivity contribution in [3.8, 4) is 5.75 Å². The van der Waals surface area contributed by atoms with Crippen LogP contribution in [0.3, 0.4) is 0 Å². The van der Waals surface area contributed by atoms with Crippen molar-refractivity contribution < 1.29 is 9.53 Å². The van der Waals surface area contributed by atoms with Crippen LogP contribution in [-0.4, -0.2) is 40.3 Å². The van der Waals surface area contributed by atoms with Crippen LogP contribution < -0.4 is 10.1 Å². The van der Waals surface area contributed by atoms with E-state index in [1.807, 2.05) is 38.1 Å². The number of carbonyl (C=O) groups is 1. The van der Waals surface area contributed by atoms with Crippen LogP contribution in [0.15, 0.2) is 30.5 Å². The maximum Gasteiger partial charge on any atom is 0.239 e. The van der Waals surface area contributed by atoms with Crippen LogP contribution in [0.1, 0.15) is 18.1 Å². The van der Waals surface area contributed by atoms with Crippen LogP contribution in [-0.2, 0) is 17.9 Å². The topological polar surface area (TPSA) is 59.4 Å². The number of hydrogen-bond acceptors (Lipinski definition) is 4. The molecule has 0 saturated carbocycles. The lowest BCUT2D eigenvalue weighted by molar-refractivity contribution is -0.117. The third-order valence-electron chi connectivity index (χ3n) is 3.98. The van der Waals surface area contributed by atoms with Gasteiger partial charge in [0.25, 0.3) is 0 Å². The Bertz CT molecular complexity index is 696. The number of hydrogen-bond donors (Lipinski definition) is 1. The van der Waals surface area contributed by atoms with Crippen LogP contribution in [0.5, 0.6) is 5.75 Å². The van der Waals surface area contributed by atoms with Gasteiger partial charge in [0.2, 0.25) is 5.91 Å². The monoisotopic (exact) mass is 314 g/mol. The predicted molar refractivity (Wildman–Crippen MR) is 88.5 cm³/mol. The first-order chi connectivity index (χ1) is 11.2. The Kier molecular flexibility index (Phi) is 4.62. The zero-order chi connectivity index (χ0) is 16.2. The number of aromatic nitrogens is 2. The first kappa shape index (κ1) is 15.6. The van der Waals surface area contributed by atoms with Gasteiger partial charge in [0.15, 0.2) is 0 Å². The van der Waals surface area contributed by atoms with Gasteiger partial charge in [-0.25, -0.2) is 4.68 Å².